The Morgan fingerprint density at radius 3 is 2.65 bits per heavy atom. The summed E-state index contributed by atoms with van der Waals surface area (Å²) in [7, 11) is 2.03. The molecule has 20 heavy (non-hydrogen) atoms. The second-order valence-electron chi connectivity index (χ2n) is 5.12. The number of hydrogen-bond donors (Lipinski definition) is 1. The van der Waals surface area contributed by atoms with Gasteiger partial charge in [-0.25, -0.2) is 0 Å². The largest absolute Gasteiger partial charge is 0.369 e. The predicted octanol–water partition coefficient (Wildman–Crippen LogP) is 3.70. The molecule has 1 atom stereocenters. The Hall–Kier alpha value is -1.58. The smallest absolute Gasteiger partial charge is 0.0600 e. The number of nitrogens with two attached hydrogens (primary N) is 1. The third-order valence-electron chi connectivity index (χ3n) is 3.26. The van der Waals surface area contributed by atoms with Crippen molar-refractivity contribution in [2.75, 3.05) is 11.9 Å². The highest BCUT2D eigenvalue weighted by molar-refractivity contribution is 6.31. The van der Waals surface area contributed by atoms with Crippen LogP contribution in [0.25, 0.3) is 0 Å². The fourth-order valence-electron chi connectivity index (χ4n) is 2.14. The second kappa shape index (κ2) is 6.25. The average molecular weight is 290 g/mol. The van der Waals surface area contributed by atoms with Gasteiger partial charge in [0, 0.05) is 29.5 Å². The van der Waals surface area contributed by atoms with E-state index in [0.29, 0.717) is 5.02 Å². The summed E-state index contributed by atoms with van der Waals surface area (Å²) in [5.74, 6) is 0. The summed E-state index contributed by atoms with van der Waals surface area (Å²) in [6.45, 7) is 4.68. The van der Waals surface area contributed by atoms with Gasteiger partial charge >= 0.3 is 0 Å². The van der Waals surface area contributed by atoms with Crippen LogP contribution in [0.2, 0.25) is 5.02 Å². The summed E-state index contributed by atoms with van der Waals surface area (Å²) in [5.41, 5.74) is 9.97. The number of benzene rings is 1. The van der Waals surface area contributed by atoms with Crippen LogP contribution in [-0.2, 0) is 6.54 Å². The lowest BCUT2D eigenvalue weighted by Gasteiger charge is -2.20. The Kier molecular flexibility index (Phi) is 4.63. The van der Waals surface area contributed by atoms with E-state index in [4.69, 9.17) is 17.3 Å². The minimum Gasteiger partial charge on any atom is -0.369 e. The second-order valence-corrected chi connectivity index (χ2v) is 5.53. The van der Waals surface area contributed by atoms with E-state index in [1.165, 1.54) is 0 Å². The van der Waals surface area contributed by atoms with Crippen molar-refractivity contribution in [3.63, 3.8) is 0 Å². The Balaban J connectivity index is 2.17. The Bertz CT molecular complexity index is 596. The SMILES string of the molecule is Cc1cccc(CN(C)c2ccc(C(C)N)c(Cl)c2)n1. The maximum atomic E-state index is 6.27. The third kappa shape index (κ3) is 3.50. The molecule has 0 amide bonds. The maximum Gasteiger partial charge on any atom is 0.0600 e. The van der Waals surface area contributed by atoms with Gasteiger partial charge in [-0.15, -0.1) is 0 Å². The highest BCUT2D eigenvalue weighted by Crippen LogP contribution is 2.27. The van der Waals surface area contributed by atoms with E-state index in [2.05, 4.69) is 9.88 Å². The van der Waals surface area contributed by atoms with Gasteiger partial charge in [-0.2, -0.15) is 0 Å². The quantitative estimate of drug-likeness (QED) is 0.933. The van der Waals surface area contributed by atoms with Crippen LogP contribution in [0, 0.1) is 6.92 Å². The summed E-state index contributed by atoms with van der Waals surface area (Å²) in [6.07, 6.45) is 0. The molecular formula is C16H20ClN3. The van der Waals surface area contributed by atoms with Gasteiger partial charge in [0.25, 0.3) is 0 Å². The number of aryl methyl sites for hydroxylation is 1. The highest BCUT2D eigenvalue weighted by Gasteiger charge is 2.09. The molecule has 1 aromatic heterocycles. The van der Waals surface area contributed by atoms with E-state index in [1.807, 2.05) is 57.3 Å². The number of pyridine rings is 1. The molecule has 2 N–H and O–H groups in total. The monoisotopic (exact) mass is 289 g/mol. The van der Waals surface area contributed by atoms with Crippen molar-refractivity contribution in [1.82, 2.24) is 4.98 Å². The zero-order valence-electron chi connectivity index (χ0n) is 12.1. The Morgan fingerprint density at radius 1 is 1.30 bits per heavy atom. The first kappa shape index (κ1) is 14.8. The lowest BCUT2D eigenvalue weighted by molar-refractivity contribution is 0.816. The van der Waals surface area contributed by atoms with Crippen LogP contribution in [0.3, 0.4) is 0 Å². The zero-order chi connectivity index (χ0) is 14.7. The van der Waals surface area contributed by atoms with E-state index in [0.717, 1.165) is 29.2 Å². The van der Waals surface area contributed by atoms with Crippen LogP contribution in [0.1, 0.15) is 29.9 Å². The first-order valence-corrected chi connectivity index (χ1v) is 7.04. The van der Waals surface area contributed by atoms with Crippen LogP contribution in [0.5, 0.6) is 0 Å². The van der Waals surface area contributed by atoms with Gasteiger partial charge in [-0.3, -0.25) is 4.98 Å². The summed E-state index contributed by atoms with van der Waals surface area (Å²) < 4.78 is 0. The van der Waals surface area contributed by atoms with Crippen molar-refractivity contribution in [1.29, 1.82) is 0 Å². The molecule has 0 aliphatic carbocycles. The van der Waals surface area contributed by atoms with Crippen molar-refractivity contribution in [3.05, 3.63) is 58.4 Å². The molecule has 0 aliphatic rings. The van der Waals surface area contributed by atoms with Gasteiger partial charge in [0.1, 0.15) is 0 Å². The lowest BCUT2D eigenvalue weighted by Crippen LogP contribution is -2.17. The average Bonchev–Trinajstić information content (AvgIpc) is 2.38. The van der Waals surface area contributed by atoms with Crippen molar-refractivity contribution in [2.45, 2.75) is 26.4 Å². The molecular weight excluding hydrogens is 270 g/mol. The van der Waals surface area contributed by atoms with Crippen LogP contribution in [-0.4, -0.2) is 12.0 Å². The molecule has 0 saturated carbocycles. The summed E-state index contributed by atoms with van der Waals surface area (Å²) >= 11 is 6.27. The third-order valence-corrected chi connectivity index (χ3v) is 3.59. The van der Waals surface area contributed by atoms with Crippen LogP contribution >= 0.6 is 11.6 Å². The molecule has 0 radical (unpaired) electrons. The van der Waals surface area contributed by atoms with Gasteiger partial charge in [-0.05, 0) is 43.7 Å². The number of rotatable bonds is 4. The minimum absolute atomic E-state index is 0.0553. The normalized spacial score (nSPS) is 12.2. The number of anilines is 1. The van der Waals surface area contributed by atoms with Crippen molar-refractivity contribution < 1.29 is 0 Å². The van der Waals surface area contributed by atoms with E-state index in [-0.39, 0.29) is 6.04 Å². The Morgan fingerprint density at radius 2 is 2.05 bits per heavy atom. The number of halogens is 1. The molecule has 106 valence electrons. The summed E-state index contributed by atoms with van der Waals surface area (Å²) in [6, 6.07) is 12.0. The molecule has 0 aliphatic heterocycles. The van der Waals surface area contributed by atoms with Crippen LogP contribution in [0.15, 0.2) is 36.4 Å². The van der Waals surface area contributed by atoms with E-state index >= 15 is 0 Å². The molecule has 1 heterocycles. The molecule has 3 nitrogen and oxygen atoms in total. The standard InChI is InChI=1S/C16H20ClN3/c1-11-5-4-6-13(19-11)10-20(3)14-7-8-15(12(2)18)16(17)9-14/h4-9,12H,10,18H2,1-3H3. The number of aromatic nitrogens is 1. The lowest BCUT2D eigenvalue weighted by atomic mass is 10.1. The van der Waals surface area contributed by atoms with Gasteiger partial charge in [0.2, 0.25) is 0 Å². The van der Waals surface area contributed by atoms with Crippen LogP contribution in [0.4, 0.5) is 5.69 Å². The van der Waals surface area contributed by atoms with Gasteiger partial charge < -0.3 is 10.6 Å². The minimum atomic E-state index is -0.0553. The summed E-state index contributed by atoms with van der Waals surface area (Å²) in [4.78, 5) is 6.64. The number of nitrogens with zero attached hydrogens (tertiary/aromatic N) is 2. The van der Waals surface area contributed by atoms with Crippen molar-refractivity contribution >= 4 is 17.3 Å². The molecule has 1 aromatic carbocycles. The molecule has 0 saturated heterocycles. The van der Waals surface area contributed by atoms with Crippen LogP contribution < -0.4 is 10.6 Å². The molecule has 0 spiro atoms. The summed E-state index contributed by atoms with van der Waals surface area (Å²) in [5, 5.41) is 0.710. The van der Waals surface area contributed by atoms with Gasteiger partial charge in [-0.1, -0.05) is 23.7 Å². The molecule has 4 heteroatoms. The molecule has 1 unspecified atom stereocenters. The molecule has 0 fully saturated rings. The molecule has 2 aromatic rings. The highest BCUT2D eigenvalue weighted by atomic mass is 35.5. The van der Waals surface area contributed by atoms with Crippen molar-refractivity contribution in [3.8, 4) is 0 Å². The topological polar surface area (TPSA) is 42.1 Å². The van der Waals surface area contributed by atoms with Gasteiger partial charge in [0.05, 0.1) is 12.2 Å². The van der Waals surface area contributed by atoms with Gasteiger partial charge in [0.15, 0.2) is 0 Å². The molecule has 2 rings (SSSR count). The Labute approximate surface area is 125 Å². The predicted molar refractivity (Wildman–Crippen MR) is 85.1 cm³/mol. The van der Waals surface area contributed by atoms with E-state index in [1.54, 1.807) is 0 Å². The first-order valence-electron chi connectivity index (χ1n) is 6.66. The van der Waals surface area contributed by atoms with E-state index in [9.17, 15) is 0 Å². The fraction of sp³-hybridized carbons (Fsp3) is 0.312. The zero-order valence-corrected chi connectivity index (χ0v) is 12.9. The fourth-order valence-corrected chi connectivity index (χ4v) is 2.49. The first-order chi connectivity index (χ1) is 9.47. The number of hydrogen-bond acceptors (Lipinski definition) is 3. The van der Waals surface area contributed by atoms with E-state index < -0.39 is 0 Å². The molecule has 0 bridgehead atoms. The maximum absolute atomic E-state index is 6.27. The van der Waals surface area contributed by atoms with Crippen molar-refractivity contribution in [2.24, 2.45) is 5.73 Å².